The summed E-state index contributed by atoms with van der Waals surface area (Å²) in [5.74, 6) is 1.26. The molecule has 0 fully saturated rings. The van der Waals surface area contributed by atoms with E-state index in [2.05, 4.69) is 26.1 Å². The molecule has 1 N–H and O–H groups in total. The van der Waals surface area contributed by atoms with Crippen molar-refractivity contribution < 1.29 is 9.59 Å². The molecule has 0 aromatic rings. The minimum absolute atomic E-state index is 0.143. The molecule has 0 heterocycles. The molecule has 4 nitrogen and oxygen atoms in total. The van der Waals surface area contributed by atoms with Gasteiger partial charge in [0.25, 0.3) is 0 Å². The minimum atomic E-state index is 0.143. The van der Waals surface area contributed by atoms with Gasteiger partial charge in [-0.25, -0.2) is 0 Å². The quantitative estimate of drug-likeness (QED) is 0.670. The number of nitrogens with one attached hydrogen (secondary N) is 1. The van der Waals surface area contributed by atoms with Crippen molar-refractivity contribution in [1.82, 2.24) is 10.2 Å². The zero-order valence-electron chi connectivity index (χ0n) is 15.6. The zero-order chi connectivity index (χ0) is 17.3. The monoisotopic (exact) mass is 312 g/mol. The van der Waals surface area contributed by atoms with Crippen LogP contribution in [0.1, 0.15) is 73.6 Å². The van der Waals surface area contributed by atoms with Crippen LogP contribution in [0.5, 0.6) is 0 Å². The Balaban J connectivity index is 3.96. The molecule has 0 aromatic carbocycles. The van der Waals surface area contributed by atoms with Crippen molar-refractivity contribution >= 4 is 11.8 Å². The molecular formula is C18H36N2O2. The van der Waals surface area contributed by atoms with Crippen LogP contribution in [0, 0.1) is 11.8 Å². The average Bonchev–Trinajstić information content (AvgIpc) is 2.41. The molecule has 130 valence electrons. The molecule has 0 rings (SSSR count). The molecule has 2 amide bonds. The smallest absolute Gasteiger partial charge is 0.222 e. The van der Waals surface area contributed by atoms with E-state index in [1.54, 1.807) is 4.90 Å². The van der Waals surface area contributed by atoms with Gasteiger partial charge in [-0.15, -0.1) is 0 Å². The molecule has 0 saturated heterocycles. The number of carbonyl (C=O) groups is 2. The van der Waals surface area contributed by atoms with Crippen LogP contribution in [-0.4, -0.2) is 35.8 Å². The maximum atomic E-state index is 12.0. The van der Waals surface area contributed by atoms with E-state index in [9.17, 15) is 9.59 Å². The van der Waals surface area contributed by atoms with Crippen LogP contribution in [0.15, 0.2) is 0 Å². The topological polar surface area (TPSA) is 49.4 Å². The molecule has 0 spiro atoms. The SMILES string of the molecule is CC(C)CCC(=O)NC(C)CCC(C)CC(=O)N(C)C(C)C. The van der Waals surface area contributed by atoms with E-state index in [4.69, 9.17) is 0 Å². The number of hydrogen-bond acceptors (Lipinski definition) is 2. The first-order chi connectivity index (χ1) is 10.1. The lowest BCUT2D eigenvalue weighted by atomic mass is 9.98. The fraction of sp³-hybridized carbons (Fsp3) is 0.889. The second-order valence-electron chi connectivity index (χ2n) is 7.39. The van der Waals surface area contributed by atoms with E-state index in [0.717, 1.165) is 19.3 Å². The molecule has 0 aliphatic rings. The summed E-state index contributed by atoms with van der Waals surface area (Å²) in [6.45, 7) is 12.5. The summed E-state index contributed by atoms with van der Waals surface area (Å²) in [6.07, 6.45) is 4.01. The highest BCUT2D eigenvalue weighted by Crippen LogP contribution is 2.14. The number of carbonyl (C=O) groups excluding carboxylic acids is 2. The zero-order valence-corrected chi connectivity index (χ0v) is 15.6. The third-order valence-electron chi connectivity index (χ3n) is 4.14. The van der Waals surface area contributed by atoms with Crippen molar-refractivity contribution in [3.05, 3.63) is 0 Å². The highest BCUT2D eigenvalue weighted by molar-refractivity contribution is 5.76. The number of hydrogen-bond donors (Lipinski definition) is 1. The lowest BCUT2D eigenvalue weighted by molar-refractivity contribution is -0.132. The Morgan fingerprint density at radius 2 is 1.55 bits per heavy atom. The van der Waals surface area contributed by atoms with E-state index in [1.165, 1.54) is 0 Å². The third-order valence-corrected chi connectivity index (χ3v) is 4.14. The van der Waals surface area contributed by atoms with Crippen molar-refractivity contribution in [2.75, 3.05) is 7.05 Å². The van der Waals surface area contributed by atoms with Gasteiger partial charge in [-0.1, -0.05) is 20.8 Å². The standard InChI is InChI=1S/C18H36N2O2/c1-13(2)8-11-17(21)19-16(6)10-9-15(5)12-18(22)20(7)14(3)4/h13-16H,8-12H2,1-7H3,(H,19,21). The molecule has 0 saturated carbocycles. The lowest BCUT2D eigenvalue weighted by Crippen LogP contribution is -2.34. The predicted molar refractivity (Wildman–Crippen MR) is 92.6 cm³/mol. The number of nitrogens with zero attached hydrogens (tertiary/aromatic N) is 1. The van der Waals surface area contributed by atoms with E-state index >= 15 is 0 Å². The molecular weight excluding hydrogens is 276 g/mol. The van der Waals surface area contributed by atoms with Gasteiger partial charge in [0.05, 0.1) is 0 Å². The van der Waals surface area contributed by atoms with Crippen LogP contribution >= 0.6 is 0 Å². The van der Waals surface area contributed by atoms with Crippen molar-refractivity contribution in [2.45, 2.75) is 85.7 Å². The summed E-state index contributed by atoms with van der Waals surface area (Å²) in [5, 5.41) is 3.05. The lowest BCUT2D eigenvalue weighted by Gasteiger charge is -2.23. The molecule has 0 aliphatic carbocycles. The van der Waals surface area contributed by atoms with Crippen molar-refractivity contribution in [2.24, 2.45) is 11.8 Å². The molecule has 2 atom stereocenters. The van der Waals surface area contributed by atoms with Crippen molar-refractivity contribution in [3.8, 4) is 0 Å². The van der Waals surface area contributed by atoms with Crippen LogP contribution in [0.2, 0.25) is 0 Å². The van der Waals surface area contributed by atoms with E-state index < -0.39 is 0 Å². The van der Waals surface area contributed by atoms with Crippen LogP contribution in [0.4, 0.5) is 0 Å². The second-order valence-corrected chi connectivity index (χ2v) is 7.39. The van der Waals surface area contributed by atoms with Crippen molar-refractivity contribution in [3.63, 3.8) is 0 Å². The Labute approximate surface area is 137 Å². The average molecular weight is 312 g/mol. The Bertz CT molecular complexity index is 340. The van der Waals surface area contributed by atoms with E-state index in [0.29, 0.717) is 24.7 Å². The van der Waals surface area contributed by atoms with E-state index in [-0.39, 0.29) is 23.9 Å². The van der Waals surface area contributed by atoms with Crippen LogP contribution in [0.3, 0.4) is 0 Å². The molecule has 2 unspecified atom stereocenters. The molecule has 4 heteroatoms. The summed E-state index contributed by atoms with van der Waals surface area (Å²) in [5.41, 5.74) is 0. The predicted octanol–water partition coefficient (Wildman–Crippen LogP) is 3.60. The van der Waals surface area contributed by atoms with E-state index in [1.807, 2.05) is 27.8 Å². The van der Waals surface area contributed by atoms with Crippen LogP contribution in [-0.2, 0) is 9.59 Å². The fourth-order valence-electron chi connectivity index (χ4n) is 2.21. The first-order valence-electron chi connectivity index (χ1n) is 8.68. The molecule has 0 aliphatic heterocycles. The molecule has 22 heavy (non-hydrogen) atoms. The fourth-order valence-corrected chi connectivity index (χ4v) is 2.21. The Morgan fingerprint density at radius 3 is 2.05 bits per heavy atom. The normalized spacial score (nSPS) is 14.0. The van der Waals surface area contributed by atoms with Crippen molar-refractivity contribution in [1.29, 1.82) is 0 Å². The largest absolute Gasteiger partial charge is 0.354 e. The molecule has 0 radical (unpaired) electrons. The van der Waals surface area contributed by atoms with Gasteiger partial charge < -0.3 is 10.2 Å². The summed E-state index contributed by atoms with van der Waals surface area (Å²) in [4.78, 5) is 25.6. The van der Waals surface area contributed by atoms with Gasteiger partial charge in [-0.3, -0.25) is 9.59 Å². The maximum Gasteiger partial charge on any atom is 0.222 e. The highest BCUT2D eigenvalue weighted by Gasteiger charge is 2.16. The summed E-state index contributed by atoms with van der Waals surface area (Å²) in [6, 6.07) is 0.430. The van der Waals surface area contributed by atoms with Gasteiger partial charge in [0.1, 0.15) is 0 Å². The first-order valence-corrected chi connectivity index (χ1v) is 8.68. The summed E-state index contributed by atoms with van der Waals surface area (Å²) in [7, 11) is 1.86. The summed E-state index contributed by atoms with van der Waals surface area (Å²) >= 11 is 0. The van der Waals surface area contributed by atoms with Gasteiger partial charge in [-0.2, -0.15) is 0 Å². The maximum absolute atomic E-state index is 12.0. The van der Waals surface area contributed by atoms with Gasteiger partial charge >= 0.3 is 0 Å². The number of rotatable bonds is 10. The highest BCUT2D eigenvalue weighted by atomic mass is 16.2. The molecule has 0 bridgehead atoms. The van der Waals surface area contributed by atoms with Gasteiger partial charge in [0.15, 0.2) is 0 Å². The van der Waals surface area contributed by atoms with Gasteiger partial charge in [0.2, 0.25) is 11.8 Å². The van der Waals surface area contributed by atoms with Crippen LogP contribution in [0.25, 0.3) is 0 Å². The number of amides is 2. The van der Waals surface area contributed by atoms with Crippen LogP contribution < -0.4 is 5.32 Å². The molecule has 0 aromatic heterocycles. The Kier molecular flexibility index (Phi) is 10.1. The second kappa shape index (κ2) is 10.6. The van der Waals surface area contributed by atoms with Gasteiger partial charge in [0, 0.05) is 32.0 Å². The Hall–Kier alpha value is -1.06. The summed E-state index contributed by atoms with van der Waals surface area (Å²) < 4.78 is 0. The Morgan fingerprint density at radius 1 is 0.955 bits per heavy atom. The third kappa shape index (κ3) is 9.80. The minimum Gasteiger partial charge on any atom is -0.354 e. The van der Waals surface area contributed by atoms with Gasteiger partial charge in [-0.05, 0) is 51.9 Å². The first kappa shape index (κ1) is 20.9.